The van der Waals surface area contributed by atoms with Crippen molar-refractivity contribution >= 4 is 29.0 Å². The van der Waals surface area contributed by atoms with Gasteiger partial charge in [0.05, 0.1) is 24.9 Å². The van der Waals surface area contributed by atoms with Crippen LogP contribution in [0.25, 0.3) is 0 Å². The normalized spacial score (nSPS) is 10.2. The van der Waals surface area contributed by atoms with Crippen LogP contribution in [0, 0.1) is 0 Å². The average Bonchev–Trinajstić information content (AvgIpc) is 2.66. The predicted molar refractivity (Wildman–Crippen MR) is 106 cm³/mol. The number of amides is 2. The van der Waals surface area contributed by atoms with Crippen molar-refractivity contribution in [2.45, 2.75) is 6.42 Å². The van der Waals surface area contributed by atoms with Crippen LogP contribution in [0.3, 0.4) is 0 Å². The largest absolute Gasteiger partial charge is 0.495 e. The van der Waals surface area contributed by atoms with Gasteiger partial charge in [0, 0.05) is 31.9 Å². The van der Waals surface area contributed by atoms with E-state index in [0.717, 1.165) is 18.7 Å². The Balaban J connectivity index is 1.81. The number of hydrogen-bond donors (Lipinski definition) is 2. The molecule has 0 aliphatic heterocycles. The number of carbonyl (C=O) groups is 1. The van der Waals surface area contributed by atoms with Crippen LogP contribution >= 0.6 is 11.6 Å². The molecule has 0 aromatic heterocycles. The Hall–Kier alpha value is -2.60. The molecule has 6 nitrogen and oxygen atoms in total. The van der Waals surface area contributed by atoms with Crippen molar-refractivity contribution in [1.82, 2.24) is 5.32 Å². The molecule has 2 rings (SSSR count). The molecule has 0 saturated heterocycles. The number of ether oxygens (including phenoxy) is 2. The van der Waals surface area contributed by atoms with Gasteiger partial charge in [-0.3, -0.25) is 0 Å². The van der Waals surface area contributed by atoms with Crippen LogP contribution in [0.1, 0.15) is 6.42 Å². The zero-order chi connectivity index (χ0) is 18.9. The van der Waals surface area contributed by atoms with Gasteiger partial charge in [-0.2, -0.15) is 0 Å². The number of halogens is 1. The molecule has 2 aromatic carbocycles. The van der Waals surface area contributed by atoms with Crippen LogP contribution in [0.15, 0.2) is 42.5 Å². The number of hydrogen-bond acceptors (Lipinski definition) is 4. The molecular formula is C19H24ClN3O3. The third-order valence-corrected chi connectivity index (χ3v) is 4.17. The van der Waals surface area contributed by atoms with E-state index < -0.39 is 0 Å². The maximum Gasteiger partial charge on any atom is 0.319 e. The molecule has 0 radical (unpaired) electrons. The fourth-order valence-electron chi connectivity index (χ4n) is 2.45. The van der Waals surface area contributed by atoms with Gasteiger partial charge in [-0.05, 0) is 24.6 Å². The molecule has 0 aliphatic carbocycles. The van der Waals surface area contributed by atoms with Crippen LogP contribution in [-0.2, 0) is 0 Å². The summed E-state index contributed by atoms with van der Waals surface area (Å²) in [5, 5.41) is 5.97. The number of benzene rings is 2. The quantitative estimate of drug-likeness (QED) is 0.682. The third-order valence-electron chi connectivity index (χ3n) is 3.87. The summed E-state index contributed by atoms with van der Waals surface area (Å²) < 4.78 is 10.4. The minimum absolute atomic E-state index is 0.313. The Morgan fingerprint density at radius 2 is 1.81 bits per heavy atom. The Morgan fingerprint density at radius 1 is 1.12 bits per heavy atom. The van der Waals surface area contributed by atoms with E-state index in [1.165, 1.54) is 14.2 Å². The first-order valence-corrected chi connectivity index (χ1v) is 8.65. The van der Waals surface area contributed by atoms with Crippen molar-refractivity contribution in [3.05, 3.63) is 47.5 Å². The second-order valence-corrected chi connectivity index (χ2v) is 6.09. The molecule has 2 N–H and O–H groups in total. The maximum atomic E-state index is 12.1. The Morgan fingerprint density at radius 3 is 2.46 bits per heavy atom. The van der Waals surface area contributed by atoms with Crippen molar-refractivity contribution in [3.63, 3.8) is 0 Å². The summed E-state index contributed by atoms with van der Waals surface area (Å²) in [4.78, 5) is 14.2. The number of nitrogens with one attached hydrogen (secondary N) is 2. The molecule has 0 aliphatic rings. The highest BCUT2D eigenvalue weighted by molar-refractivity contribution is 6.32. The summed E-state index contributed by atoms with van der Waals surface area (Å²) in [6.45, 7) is 1.39. The summed E-state index contributed by atoms with van der Waals surface area (Å²) >= 11 is 6.10. The molecule has 0 heterocycles. The molecule has 0 fully saturated rings. The average molecular weight is 378 g/mol. The lowest BCUT2D eigenvalue weighted by Gasteiger charge is -2.19. The lowest BCUT2D eigenvalue weighted by molar-refractivity contribution is 0.252. The second-order valence-electron chi connectivity index (χ2n) is 5.68. The van der Waals surface area contributed by atoms with E-state index in [1.807, 2.05) is 25.2 Å². The van der Waals surface area contributed by atoms with Crippen molar-refractivity contribution in [2.75, 3.05) is 44.6 Å². The molecule has 0 unspecified atom stereocenters. The van der Waals surface area contributed by atoms with Gasteiger partial charge in [0.15, 0.2) is 0 Å². The van der Waals surface area contributed by atoms with E-state index in [1.54, 1.807) is 12.1 Å². The lowest BCUT2D eigenvalue weighted by Crippen LogP contribution is -2.31. The summed E-state index contributed by atoms with van der Waals surface area (Å²) in [6, 6.07) is 13.0. The number of methoxy groups -OCH3 is 2. The lowest BCUT2D eigenvalue weighted by atomic mass is 10.2. The Kier molecular flexibility index (Phi) is 7.41. The molecule has 7 heteroatoms. The van der Waals surface area contributed by atoms with Crippen LogP contribution in [0.2, 0.25) is 5.02 Å². The highest BCUT2D eigenvalue weighted by atomic mass is 35.5. The van der Waals surface area contributed by atoms with Crippen LogP contribution in [-0.4, -0.2) is 40.4 Å². The molecule has 0 saturated carbocycles. The van der Waals surface area contributed by atoms with Crippen molar-refractivity contribution < 1.29 is 14.3 Å². The van der Waals surface area contributed by atoms with E-state index in [4.69, 9.17) is 21.1 Å². The SMILES string of the molecule is COc1cc(OC)c(NC(=O)NCCCN(C)c2ccccc2)cc1Cl. The molecule has 26 heavy (non-hydrogen) atoms. The first kappa shape index (κ1) is 19.7. The van der Waals surface area contributed by atoms with Crippen molar-refractivity contribution in [2.24, 2.45) is 0 Å². The van der Waals surface area contributed by atoms with Gasteiger partial charge in [0.2, 0.25) is 0 Å². The van der Waals surface area contributed by atoms with Gasteiger partial charge in [-0.15, -0.1) is 0 Å². The summed E-state index contributed by atoms with van der Waals surface area (Å²) in [5.41, 5.74) is 1.63. The van der Waals surface area contributed by atoms with Crippen molar-refractivity contribution in [1.29, 1.82) is 0 Å². The van der Waals surface area contributed by atoms with Crippen LogP contribution in [0.5, 0.6) is 11.5 Å². The molecule has 2 amide bonds. The van der Waals surface area contributed by atoms with Gasteiger partial charge in [0.25, 0.3) is 0 Å². The van der Waals surface area contributed by atoms with Crippen molar-refractivity contribution in [3.8, 4) is 11.5 Å². The fourth-order valence-corrected chi connectivity index (χ4v) is 2.69. The summed E-state index contributed by atoms with van der Waals surface area (Å²) in [7, 11) is 5.07. The third kappa shape index (κ3) is 5.46. The van der Waals surface area contributed by atoms with E-state index in [9.17, 15) is 4.79 Å². The molecule has 0 atom stereocenters. The highest BCUT2D eigenvalue weighted by Gasteiger charge is 2.12. The molecule has 0 bridgehead atoms. The van der Waals surface area contributed by atoms with E-state index >= 15 is 0 Å². The fraction of sp³-hybridized carbons (Fsp3) is 0.316. The molecular weight excluding hydrogens is 354 g/mol. The number of nitrogens with zero attached hydrogens (tertiary/aromatic N) is 1. The van der Waals surface area contributed by atoms with Gasteiger partial charge < -0.3 is 25.0 Å². The second kappa shape index (κ2) is 9.77. The van der Waals surface area contributed by atoms with Gasteiger partial charge in [-0.25, -0.2) is 4.79 Å². The zero-order valence-electron chi connectivity index (χ0n) is 15.2. The molecule has 2 aromatic rings. The Labute approximate surface area is 159 Å². The standard InChI is InChI=1S/C19H24ClN3O3/c1-23(14-8-5-4-6-9-14)11-7-10-21-19(24)22-16-12-15(20)17(25-2)13-18(16)26-3/h4-6,8-9,12-13H,7,10-11H2,1-3H3,(H2,21,22,24). The molecule has 140 valence electrons. The smallest absolute Gasteiger partial charge is 0.319 e. The van der Waals surface area contributed by atoms with Gasteiger partial charge >= 0.3 is 6.03 Å². The minimum atomic E-state index is -0.313. The van der Waals surface area contributed by atoms with E-state index in [2.05, 4.69) is 27.7 Å². The van der Waals surface area contributed by atoms with Gasteiger partial charge in [-0.1, -0.05) is 29.8 Å². The first-order chi connectivity index (χ1) is 12.5. The van der Waals surface area contributed by atoms with E-state index in [0.29, 0.717) is 28.8 Å². The van der Waals surface area contributed by atoms with E-state index in [-0.39, 0.29) is 6.03 Å². The molecule has 0 spiro atoms. The Bertz CT molecular complexity index is 725. The number of para-hydroxylation sites is 1. The first-order valence-electron chi connectivity index (χ1n) is 8.27. The van der Waals surface area contributed by atoms with Crippen LogP contribution in [0.4, 0.5) is 16.2 Å². The number of anilines is 2. The zero-order valence-corrected chi connectivity index (χ0v) is 16.0. The van der Waals surface area contributed by atoms with Gasteiger partial charge in [0.1, 0.15) is 11.5 Å². The number of urea groups is 1. The maximum absolute atomic E-state index is 12.1. The predicted octanol–water partition coefficient (Wildman–Crippen LogP) is 4.01. The number of carbonyl (C=O) groups excluding carboxylic acids is 1. The van der Waals surface area contributed by atoms with Crippen LogP contribution < -0.4 is 25.0 Å². The number of rotatable bonds is 8. The highest BCUT2D eigenvalue weighted by Crippen LogP contribution is 2.35. The summed E-state index contributed by atoms with van der Waals surface area (Å²) in [6.07, 6.45) is 0.819. The topological polar surface area (TPSA) is 62.8 Å². The minimum Gasteiger partial charge on any atom is -0.495 e. The summed E-state index contributed by atoms with van der Waals surface area (Å²) in [5.74, 6) is 0.962. The monoisotopic (exact) mass is 377 g/mol.